The smallest absolute Gasteiger partial charge is 0.170 e. The molecule has 3 nitrogen and oxygen atoms in total. The predicted octanol–water partition coefficient (Wildman–Crippen LogP) is 2.63. The summed E-state index contributed by atoms with van der Waals surface area (Å²) in [5.74, 6) is 0. The summed E-state index contributed by atoms with van der Waals surface area (Å²) in [5, 5.41) is 6.96. The fraction of sp³-hybridized carbons (Fsp3) is 0.462. The number of methoxy groups -OCH3 is 1. The molecule has 0 spiro atoms. The average molecular weight is 252 g/mol. The van der Waals surface area contributed by atoms with Gasteiger partial charge in [-0.25, -0.2) is 0 Å². The van der Waals surface area contributed by atoms with Gasteiger partial charge in [0.25, 0.3) is 0 Å². The van der Waals surface area contributed by atoms with E-state index in [1.807, 2.05) is 6.07 Å². The maximum atomic E-state index is 5.20. The van der Waals surface area contributed by atoms with Gasteiger partial charge in [-0.15, -0.1) is 0 Å². The molecule has 1 rings (SSSR count). The Hall–Kier alpha value is -1.13. The molecule has 0 heterocycles. The van der Waals surface area contributed by atoms with Crippen molar-refractivity contribution in [2.24, 2.45) is 0 Å². The highest BCUT2D eigenvalue weighted by atomic mass is 32.1. The van der Waals surface area contributed by atoms with E-state index < -0.39 is 0 Å². The van der Waals surface area contributed by atoms with E-state index in [1.165, 1.54) is 11.1 Å². The highest BCUT2D eigenvalue weighted by Crippen LogP contribution is 2.13. The molecular formula is C13H20N2OS. The molecule has 0 bridgehead atoms. The highest BCUT2D eigenvalue weighted by molar-refractivity contribution is 7.80. The Balaban J connectivity index is 2.37. The molecule has 0 aliphatic rings. The molecule has 0 atom stereocenters. The second-order valence-electron chi connectivity index (χ2n) is 4.03. The lowest BCUT2D eigenvalue weighted by Crippen LogP contribution is -2.29. The van der Waals surface area contributed by atoms with Crippen molar-refractivity contribution in [3.05, 3.63) is 29.3 Å². The number of anilines is 1. The van der Waals surface area contributed by atoms with Crippen molar-refractivity contribution in [3.8, 4) is 0 Å². The summed E-state index contributed by atoms with van der Waals surface area (Å²) in [6.07, 6.45) is 0.950. The van der Waals surface area contributed by atoms with Crippen LogP contribution in [0.15, 0.2) is 18.2 Å². The largest absolute Gasteiger partial charge is 0.385 e. The summed E-state index contributed by atoms with van der Waals surface area (Å²) in [7, 11) is 1.70. The molecule has 0 aliphatic heterocycles. The SMILES string of the molecule is COCCCNC(=S)Nc1ccc(C)c(C)c1. The summed E-state index contributed by atoms with van der Waals surface area (Å²) >= 11 is 5.20. The Labute approximate surface area is 109 Å². The van der Waals surface area contributed by atoms with Crippen LogP contribution in [0.4, 0.5) is 5.69 Å². The van der Waals surface area contributed by atoms with Gasteiger partial charge in [0.05, 0.1) is 0 Å². The summed E-state index contributed by atoms with van der Waals surface area (Å²) in [6.45, 7) is 5.76. The van der Waals surface area contributed by atoms with Crippen molar-refractivity contribution in [3.63, 3.8) is 0 Å². The van der Waals surface area contributed by atoms with Crippen molar-refractivity contribution in [1.82, 2.24) is 5.32 Å². The lowest BCUT2D eigenvalue weighted by Gasteiger charge is -2.11. The molecule has 0 radical (unpaired) electrons. The minimum atomic E-state index is 0.657. The van der Waals surface area contributed by atoms with E-state index in [0.717, 1.165) is 25.3 Å². The van der Waals surface area contributed by atoms with E-state index in [2.05, 4.69) is 36.6 Å². The molecule has 0 aliphatic carbocycles. The third-order valence-corrected chi connectivity index (χ3v) is 2.82. The van der Waals surface area contributed by atoms with E-state index in [1.54, 1.807) is 7.11 Å². The molecule has 1 aromatic carbocycles. The standard InChI is InChI=1S/C13H20N2OS/c1-10-5-6-12(9-11(10)2)15-13(17)14-7-4-8-16-3/h5-6,9H,4,7-8H2,1-3H3,(H2,14,15,17). The van der Waals surface area contributed by atoms with Crippen molar-refractivity contribution < 1.29 is 4.74 Å². The highest BCUT2D eigenvalue weighted by Gasteiger charge is 1.99. The van der Waals surface area contributed by atoms with Crippen LogP contribution in [0.2, 0.25) is 0 Å². The molecule has 0 unspecified atom stereocenters. The van der Waals surface area contributed by atoms with Crippen LogP contribution < -0.4 is 10.6 Å². The number of hydrogen-bond acceptors (Lipinski definition) is 2. The van der Waals surface area contributed by atoms with Crippen LogP contribution in [0.5, 0.6) is 0 Å². The van der Waals surface area contributed by atoms with Gasteiger partial charge in [0.15, 0.2) is 5.11 Å². The van der Waals surface area contributed by atoms with Crippen LogP contribution in [0.1, 0.15) is 17.5 Å². The summed E-state index contributed by atoms with van der Waals surface area (Å²) in [6, 6.07) is 6.22. The van der Waals surface area contributed by atoms with E-state index in [-0.39, 0.29) is 0 Å². The number of rotatable bonds is 5. The molecule has 0 aromatic heterocycles. The number of nitrogens with one attached hydrogen (secondary N) is 2. The van der Waals surface area contributed by atoms with E-state index >= 15 is 0 Å². The van der Waals surface area contributed by atoms with Gasteiger partial charge in [-0.05, 0) is 55.7 Å². The number of benzene rings is 1. The molecule has 2 N–H and O–H groups in total. The van der Waals surface area contributed by atoms with Gasteiger partial charge in [-0.3, -0.25) is 0 Å². The topological polar surface area (TPSA) is 33.3 Å². The zero-order chi connectivity index (χ0) is 12.7. The lowest BCUT2D eigenvalue weighted by molar-refractivity contribution is 0.196. The first kappa shape index (κ1) is 13.9. The monoisotopic (exact) mass is 252 g/mol. The first-order chi connectivity index (χ1) is 8.13. The van der Waals surface area contributed by atoms with Gasteiger partial charge in [0.2, 0.25) is 0 Å². The fourth-order valence-electron chi connectivity index (χ4n) is 1.41. The second-order valence-corrected chi connectivity index (χ2v) is 4.43. The molecule has 0 amide bonds. The van der Waals surface area contributed by atoms with Gasteiger partial charge in [-0.1, -0.05) is 6.07 Å². The van der Waals surface area contributed by atoms with Gasteiger partial charge < -0.3 is 15.4 Å². The zero-order valence-electron chi connectivity index (χ0n) is 10.7. The van der Waals surface area contributed by atoms with Gasteiger partial charge in [0, 0.05) is 25.9 Å². The second kappa shape index (κ2) is 7.25. The van der Waals surface area contributed by atoms with Crippen molar-refractivity contribution >= 4 is 23.0 Å². The van der Waals surface area contributed by atoms with Crippen LogP contribution in [0, 0.1) is 13.8 Å². The summed E-state index contributed by atoms with van der Waals surface area (Å²) < 4.78 is 4.97. The van der Waals surface area contributed by atoms with Crippen LogP contribution >= 0.6 is 12.2 Å². The first-order valence-electron chi connectivity index (χ1n) is 5.74. The fourth-order valence-corrected chi connectivity index (χ4v) is 1.63. The van der Waals surface area contributed by atoms with Crippen molar-refractivity contribution in [2.45, 2.75) is 20.3 Å². The zero-order valence-corrected chi connectivity index (χ0v) is 11.5. The van der Waals surface area contributed by atoms with Crippen LogP contribution in [-0.4, -0.2) is 25.4 Å². The lowest BCUT2D eigenvalue weighted by atomic mass is 10.1. The van der Waals surface area contributed by atoms with Crippen LogP contribution in [0.25, 0.3) is 0 Å². The van der Waals surface area contributed by atoms with Crippen molar-refractivity contribution in [2.75, 3.05) is 25.6 Å². The van der Waals surface area contributed by atoms with Gasteiger partial charge >= 0.3 is 0 Å². The molecule has 0 fully saturated rings. The quantitative estimate of drug-likeness (QED) is 0.623. The van der Waals surface area contributed by atoms with E-state index in [4.69, 9.17) is 17.0 Å². The third-order valence-electron chi connectivity index (χ3n) is 2.58. The molecule has 0 saturated heterocycles. The maximum absolute atomic E-state index is 5.20. The molecular weight excluding hydrogens is 232 g/mol. The maximum Gasteiger partial charge on any atom is 0.170 e. The molecule has 0 saturated carbocycles. The first-order valence-corrected chi connectivity index (χ1v) is 6.15. The molecule has 4 heteroatoms. The Bertz CT molecular complexity index is 380. The van der Waals surface area contributed by atoms with E-state index in [0.29, 0.717) is 5.11 Å². The Morgan fingerprint density at radius 2 is 2.06 bits per heavy atom. The Morgan fingerprint density at radius 3 is 2.71 bits per heavy atom. The van der Waals surface area contributed by atoms with Crippen LogP contribution in [0.3, 0.4) is 0 Å². The summed E-state index contributed by atoms with van der Waals surface area (Å²) in [4.78, 5) is 0. The predicted molar refractivity (Wildman–Crippen MR) is 76.6 cm³/mol. The normalized spacial score (nSPS) is 10.1. The number of ether oxygens (including phenoxy) is 1. The molecule has 17 heavy (non-hydrogen) atoms. The van der Waals surface area contributed by atoms with Gasteiger partial charge in [0.1, 0.15) is 0 Å². The van der Waals surface area contributed by atoms with Crippen LogP contribution in [-0.2, 0) is 4.74 Å². The van der Waals surface area contributed by atoms with Crippen molar-refractivity contribution in [1.29, 1.82) is 0 Å². The Morgan fingerprint density at radius 1 is 1.29 bits per heavy atom. The molecule has 1 aromatic rings. The third kappa shape index (κ3) is 5.15. The average Bonchev–Trinajstić information content (AvgIpc) is 2.30. The Kier molecular flexibility index (Phi) is 5.94. The number of hydrogen-bond donors (Lipinski definition) is 2. The number of thiocarbonyl (C=S) groups is 1. The molecule has 94 valence electrons. The van der Waals surface area contributed by atoms with E-state index in [9.17, 15) is 0 Å². The van der Waals surface area contributed by atoms with Gasteiger partial charge in [-0.2, -0.15) is 0 Å². The minimum absolute atomic E-state index is 0.657. The number of aryl methyl sites for hydroxylation is 2. The summed E-state index contributed by atoms with van der Waals surface area (Å²) in [5.41, 5.74) is 3.57. The minimum Gasteiger partial charge on any atom is -0.385 e.